The first-order chi connectivity index (χ1) is 19.2. The highest BCUT2D eigenvalue weighted by Crippen LogP contribution is 2.72. The molecule has 1 aromatic rings. The number of allylic oxidation sites excluding steroid dienone is 2. The molecule has 0 spiro atoms. The zero-order valence-corrected chi connectivity index (χ0v) is 26.6. The van der Waals surface area contributed by atoms with Crippen molar-refractivity contribution in [1.29, 1.82) is 0 Å². The molecule has 0 bridgehead atoms. The molecule has 6 heteroatoms. The van der Waals surface area contributed by atoms with Crippen LogP contribution in [0, 0.1) is 45.2 Å². The van der Waals surface area contributed by atoms with E-state index in [0.717, 1.165) is 38.3 Å². The molecule has 5 rings (SSSR count). The van der Waals surface area contributed by atoms with Crippen molar-refractivity contribution in [3.8, 4) is 0 Å². The van der Waals surface area contributed by atoms with Gasteiger partial charge < -0.3 is 9.64 Å². The minimum Gasteiger partial charge on any atom is -0.462 e. The summed E-state index contributed by atoms with van der Waals surface area (Å²) in [6, 6.07) is 1.56. The minimum absolute atomic E-state index is 0.00168. The fourth-order valence-corrected chi connectivity index (χ4v) is 10.5. The number of fused-ring (bicyclic) bond motifs is 4. The first-order valence-corrected chi connectivity index (χ1v) is 15.9. The number of esters is 1. The summed E-state index contributed by atoms with van der Waals surface area (Å²) in [5, 5.41) is 0. The van der Waals surface area contributed by atoms with E-state index in [1.54, 1.807) is 31.2 Å². The molecule has 5 nitrogen and oxygen atoms in total. The van der Waals surface area contributed by atoms with Gasteiger partial charge in [0.1, 0.15) is 6.10 Å². The van der Waals surface area contributed by atoms with Crippen LogP contribution in [0.15, 0.2) is 29.6 Å². The number of nitrogens with zero attached hydrogens (tertiary/aromatic N) is 2. The number of halogens is 1. The predicted octanol–water partition coefficient (Wildman–Crippen LogP) is 8.28. The van der Waals surface area contributed by atoms with Crippen LogP contribution in [0.2, 0.25) is 0 Å². The average Bonchev–Trinajstić information content (AvgIpc) is 3.19. The van der Waals surface area contributed by atoms with Gasteiger partial charge in [-0.1, -0.05) is 52.7 Å². The molecule has 4 aliphatic carbocycles. The van der Waals surface area contributed by atoms with Crippen LogP contribution in [0.3, 0.4) is 0 Å². The fraction of sp³-hybridized carbons (Fsp3) is 0.743. The van der Waals surface area contributed by atoms with Gasteiger partial charge in [-0.3, -0.25) is 14.6 Å². The molecule has 41 heavy (non-hydrogen) atoms. The number of pyridine rings is 1. The summed E-state index contributed by atoms with van der Waals surface area (Å²) >= 11 is 0. The second-order valence-electron chi connectivity index (χ2n) is 15.1. The summed E-state index contributed by atoms with van der Waals surface area (Å²) in [6.45, 7) is 16.2. The highest BCUT2D eigenvalue weighted by atomic mass is 19.1. The zero-order chi connectivity index (χ0) is 30.0. The third-order valence-corrected chi connectivity index (χ3v) is 13.0. The minimum atomic E-state index is -0.464. The molecule has 0 radical (unpaired) electrons. The molecule has 4 aliphatic rings. The number of ether oxygens (including phenoxy) is 1. The summed E-state index contributed by atoms with van der Waals surface area (Å²) in [5.74, 6) is 0.845. The Morgan fingerprint density at radius 1 is 1.07 bits per heavy atom. The van der Waals surface area contributed by atoms with Gasteiger partial charge in [0, 0.05) is 32.0 Å². The highest BCUT2D eigenvalue weighted by molar-refractivity contribution is 5.92. The van der Waals surface area contributed by atoms with Crippen molar-refractivity contribution in [2.24, 2.45) is 39.4 Å². The Hall–Kier alpha value is -2.24. The predicted molar refractivity (Wildman–Crippen MR) is 161 cm³/mol. The fourth-order valence-electron chi connectivity index (χ4n) is 10.5. The molecule has 0 saturated heterocycles. The van der Waals surface area contributed by atoms with Crippen molar-refractivity contribution in [2.75, 3.05) is 11.9 Å². The van der Waals surface area contributed by atoms with Crippen LogP contribution in [0.4, 0.5) is 10.1 Å². The van der Waals surface area contributed by atoms with Crippen molar-refractivity contribution in [3.63, 3.8) is 0 Å². The standard InChI is InChI=1S/C35H51FN2O3/c1-22(9-12-31(40)38(8)28-16-20-37-21-27(28)36)24-13-18-35(7)26-10-11-29-32(3,4)30(41-23(2)39)15-17-33(29,5)25(26)14-19-34(24,35)6/h16,20-22,24,29-30H,9-15,17-19H2,1-8H3/t22-,24-,29+,30+,33-,34-,35+/m1/s1. The summed E-state index contributed by atoms with van der Waals surface area (Å²) < 4.78 is 20.1. The van der Waals surface area contributed by atoms with Crippen LogP contribution in [-0.4, -0.2) is 30.0 Å². The third kappa shape index (κ3) is 4.66. The monoisotopic (exact) mass is 566 g/mol. The van der Waals surface area contributed by atoms with Gasteiger partial charge in [0.25, 0.3) is 0 Å². The molecule has 0 unspecified atom stereocenters. The lowest BCUT2D eigenvalue weighted by Crippen LogP contribution is -2.55. The molecule has 7 atom stereocenters. The molecule has 1 aromatic heterocycles. The Labute approximate surface area is 246 Å². The lowest BCUT2D eigenvalue weighted by molar-refractivity contribution is -0.167. The van der Waals surface area contributed by atoms with Gasteiger partial charge in [-0.2, -0.15) is 0 Å². The molecular weight excluding hydrogens is 515 g/mol. The van der Waals surface area contributed by atoms with Gasteiger partial charge in [0.2, 0.25) is 5.91 Å². The van der Waals surface area contributed by atoms with Gasteiger partial charge in [-0.25, -0.2) is 4.39 Å². The number of carbonyl (C=O) groups is 2. The van der Waals surface area contributed by atoms with Crippen LogP contribution in [-0.2, 0) is 14.3 Å². The molecule has 0 N–H and O–H groups in total. The Bertz CT molecular complexity index is 1240. The summed E-state index contributed by atoms with van der Waals surface area (Å²) in [6.07, 6.45) is 13.1. The van der Waals surface area contributed by atoms with Gasteiger partial charge in [0.05, 0.1) is 11.9 Å². The van der Waals surface area contributed by atoms with Gasteiger partial charge in [-0.15, -0.1) is 0 Å². The summed E-state index contributed by atoms with van der Waals surface area (Å²) in [5.41, 5.74) is 4.29. The maximum Gasteiger partial charge on any atom is 0.302 e. The Balaban J connectivity index is 1.33. The lowest BCUT2D eigenvalue weighted by Gasteiger charge is -2.62. The van der Waals surface area contributed by atoms with Crippen molar-refractivity contribution >= 4 is 17.6 Å². The smallest absolute Gasteiger partial charge is 0.302 e. The number of anilines is 1. The number of carbonyl (C=O) groups excluding carboxylic acids is 2. The quantitative estimate of drug-likeness (QED) is 0.257. The zero-order valence-electron chi connectivity index (χ0n) is 26.6. The van der Waals surface area contributed by atoms with Crippen molar-refractivity contribution in [2.45, 2.75) is 119 Å². The Kier molecular flexibility index (Phi) is 7.73. The number of hydrogen-bond donors (Lipinski definition) is 0. The molecule has 1 amide bonds. The SMILES string of the molecule is CC(=O)O[C@H]1CC[C@]2(C)C3=C(CC[C@H]2C1(C)C)[C@]1(C)CC[C@H]([C@H](C)CCC(=O)N(C)c2ccncc2F)[C@@]1(C)CC3. The molecule has 0 aliphatic heterocycles. The van der Waals surface area contributed by atoms with Gasteiger partial charge in [0.15, 0.2) is 5.82 Å². The maximum absolute atomic E-state index is 14.2. The van der Waals surface area contributed by atoms with E-state index in [0.29, 0.717) is 29.9 Å². The first kappa shape index (κ1) is 30.2. The number of aromatic nitrogens is 1. The van der Waals surface area contributed by atoms with E-state index >= 15 is 0 Å². The van der Waals surface area contributed by atoms with Crippen LogP contribution < -0.4 is 4.90 Å². The average molecular weight is 567 g/mol. The van der Waals surface area contributed by atoms with E-state index in [1.807, 2.05) is 0 Å². The number of amides is 1. The second kappa shape index (κ2) is 10.5. The van der Waals surface area contributed by atoms with Crippen molar-refractivity contribution in [3.05, 3.63) is 35.4 Å². The van der Waals surface area contributed by atoms with Gasteiger partial charge >= 0.3 is 5.97 Å². The Morgan fingerprint density at radius 2 is 1.80 bits per heavy atom. The second-order valence-corrected chi connectivity index (χ2v) is 15.1. The normalized spacial score (nSPS) is 36.6. The molecule has 0 aromatic carbocycles. The van der Waals surface area contributed by atoms with Crippen molar-refractivity contribution < 1.29 is 18.7 Å². The maximum atomic E-state index is 14.2. The van der Waals surface area contributed by atoms with Crippen LogP contribution in [0.1, 0.15) is 113 Å². The van der Waals surface area contributed by atoms with Gasteiger partial charge in [-0.05, 0) is 97.9 Å². The number of hydrogen-bond acceptors (Lipinski definition) is 4. The van der Waals surface area contributed by atoms with E-state index in [9.17, 15) is 14.0 Å². The van der Waals surface area contributed by atoms with Crippen molar-refractivity contribution in [1.82, 2.24) is 4.98 Å². The van der Waals surface area contributed by atoms with E-state index in [4.69, 9.17) is 4.74 Å². The molecule has 2 fully saturated rings. The molecular formula is C35H51FN2O3. The van der Waals surface area contributed by atoms with Crippen LogP contribution in [0.25, 0.3) is 0 Å². The van der Waals surface area contributed by atoms with E-state index in [2.05, 4.69) is 46.5 Å². The largest absolute Gasteiger partial charge is 0.462 e. The van der Waals surface area contributed by atoms with Crippen LogP contribution >= 0.6 is 0 Å². The molecule has 2 saturated carbocycles. The third-order valence-electron chi connectivity index (χ3n) is 13.0. The lowest BCUT2D eigenvalue weighted by atomic mass is 9.43. The highest BCUT2D eigenvalue weighted by Gasteiger charge is 2.63. The van der Waals surface area contributed by atoms with E-state index < -0.39 is 5.82 Å². The topological polar surface area (TPSA) is 59.5 Å². The summed E-state index contributed by atoms with van der Waals surface area (Å²) in [4.78, 5) is 30.2. The summed E-state index contributed by atoms with van der Waals surface area (Å²) in [7, 11) is 1.66. The number of rotatable bonds is 6. The Morgan fingerprint density at radius 3 is 2.49 bits per heavy atom. The molecule has 226 valence electrons. The van der Waals surface area contributed by atoms with Crippen LogP contribution in [0.5, 0.6) is 0 Å². The molecule has 1 heterocycles. The van der Waals surface area contributed by atoms with E-state index in [-0.39, 0.29) is 39.6 Å². The first-order valence-electron chi connectivity index (χ1n) is 15.9. The van der Waals surface area contributed by atoms with E-state index in [1.165, 1.54) is 36.8 Å².